The second-order valence-corrected chi connectivity index (χ2v) is 8.42. The first-order valence-corrected chi connectivity index (χ1v) is 10.9. The fraction of sp³-hybridized carbons (Fsp3) is 0.833. The quantitative estimate of drug-likeness (QED) is 0.720. The number of carbonyl (C=O) groups is 3. The lowest BCUT2D eigenvalue weighted by molar-refractivity contribution is -0.144. The van der Waals surface area contributed by atoms with Crippen molar-refractivity contribution in [2.24, 2.45) is 5.92 Å². The van der Waals surface area contributed by atoms with E-state index in [2.05, 4.69) is 10.6 Å². The molecule has 7 nitrogen and oxygen atoms in total. The summed E-state index contributed by atoms with van der Waals surface area (Å²) in [5, 5.41) is 6.26. The molecule has 146 valence electrons. The van der Waals surface area contributed by atoms with E-state index in [4.69, 9.17) is 0 Å². The van der Waals surface area contributed by atoms with Crippen LogP contribution in [0.4, 0.5) is 0 Å². The number of hydrogen-bond acceptors (Lipinski definition) is 5. The Morgan fingerprint density at radius 1 is 1.23 bits per heavy atom. The van der Waals surface area contributed by atoms with Crippen molar-refractivity contribution in [1.82, 2.24) is 20.4 Å². The number of nitrogens with zero attached hydrogens (tertiary/aromatic N) is 2. The minimum atomic E-state index is -0.316. The predicted molar refractivity (Wildman–Crippen MR) is 102 cm³/mol. The maximum absolute atomic E-state index is 12.9. The van der Waals surface area contributed by atoms with Crippen LogP contribution in [-0.2, 0) is 14.4 Å². The Bertz CT molecular complexity index is 539. The third-order valence-electron chi connectivity index (χ3n) is 5.56. The van der Waals surface area contributed by atoms with Crippen LogP contribution in [0, 0.1) is 5.92 Å². The Kier molecular flexibility index (Phi) is 6.80. The fourth-order valence-electron chi connectivity index (χ4n) is 4.02. The van der Waals surface area contributed by atoms with Crippen molar-refractivity contribution in [3.63, 3.8) is 0 Å². The number of rotatable bonds is 5. The van der Waals surface area contributed by atoms with Gasteiger partial charge in [0, 0.05) is 31.8 Å². The van der Waals surface area contributed by atoms with E-state index in [9.17, 15) is 14.4 Å². The second-order valence-electron chi connectivity index (χ2n) is 7.42. The number of piperidine rings is 1. The maximum atomic E-state index is 12.9. The van der Waals surface area contributed by atoms with Crippen molar-refractivity contribution >= 4 is 29.5 Å². The number of hydrogen-bond donors (Lipinski definition) is 2. The number of nitrogens with one attached hydrogen (secondary N) is 2. The van der Waals surface area contributed by atoms with Gasteiger partial charge in [-0.2, -0.15) is 0 Å². The smallest absolute Gasteiger partial charge is 0.246 e. The summed E-state index contributed by atoms with van der Waals surface area (Å²) < 4.78 is 0. The molecular formula is C18H30N4O3S. The Balaban J connectivity index is 1.50. The monoisotopic (exact) mass is 382 g/mol. The van der Waals surface area contributed by atoms with Crippen molar-refractivity contribution in [3.05, 3.63) is 0 Å². The lowest BCUT2D eigenvalue weighted by atomic mass is 9.97. The topological polar surface area (TPSA) is 81.8 Å². The number of amides is 3. The van der Waals surface area contributed by atoms with Gasteiger partial charge in [0.15, 0.2) is 0 Å². The molecule has 3 amide bonds. The summed E-state index contributed by atoms with van der Waals surface area (Å²) >= 11 is 1.65. The molecule has 8 heteroatoms. The minimum Gasteiger partial charge on any atom is -0.354 e. The molecule has 3 saturated heterocycles. The molecule has 26 heavy (non-hydrogen) atoms. The van der Waals surface area contributed by atoms with E-state index in [1.54, 1.807) is 16.7 Å². The van der Waals surface area contributed by atoms with Gasteiger partial charge in [0.2, 0.25) is 17.7 Å². The van der Waals surface area contributed by atoms with Crippen LogP contribution >= 0.6 is 11.8 Å². The summed E-state index contributed by atoms with van der Waals surface area (Å²) in [5.41, 5.74) is 0. The van der Waals surface area contributed by atoms with E-state index in [-0.39, 0.29) is 29.8 Å². The van der Waals surface area contributed by atoms with E-state index < -0.39 is 0 Å². The molecule has 2 N–H and O–H groups in total. The number of carbonyl (C=O) groups excluding carboxylic acids is 3. The average molecular weight is 383 g/mol. The first kappa shape index (κ1) is 19.5. The summed E-state index contributed by atoms with van der Waals surface area (Å²) in [4.78, 5) is 40.8. The van der Waals surface area contributed by atoms with Crippen LogP contribution in [0.1, 0.15) is 39.0 Å². The molecule has 3 atom stereocenters. The van der Waals surface area contributed by atoms with Crippen molar-refractivity contribution < 1.29 is 14.4 Å². The van der Waals surface area contributed by atoms with Crippen LogP contribution in [0.5, 0.6) is 0 Å². The fourth-order valence-corrected chi connectivity index (χ4v) is 5.19. The van der Waals surface area contributed by atoms with Gasteiger partial charge < -0.3 is 20.4 Å². The van der Waals surface area contributed by atoms with Gasteiger partial charge in [-0.15, -0.1) is 11.8 Å². The molecule has 0 radical (unpaired) electrons. The Hall–Kier alpha value is -1.28. The third kappa shape index (κ3) is 4.52. The van der Waals surface area contributed by atoms with Gasteiger partial charge in [-0.3, -0.25) is 14.4 Å². The SMILES string of the molecule is CCC(=O)N1CSCC1C(=O)N1CCCC(CNC(=O)C2CCCN2)C1. The molecule has 3 aliphatic heterocycles. The highest BCUT2D eigenvalue weighted by molar-refractivity contribution is 7.99. The zero-order valence-corrected chi connectivity index (χ0v) is 16.4. The molecule has 3 rings (SSSR count). The molecule has 0 saturated carbocycles. The van der Waals surface area contributed by atoms with Gasteiger partial charge in [-0.1, -0.05) is 6.92 Å². The Morgan fingerprint density at radius 2 is 2.08 bits per heavy atom. The normalized spacial score (nSPS) is 29.0. The summed E-state index contributed by atoms with van der Waals surface area (Å²) in [6.07, 6.45) is 4.38. The van der Waals surface area contributed by atoms with E-state index in [1.807, 2.05) is 11.8 Å². The molecule has 3 fully saturated rings. The standard InChI is InChI=1S/C18H30N4O3S/c1-2-16(23)22-12-26-11-15(22)18(25)21-8-4-5-13(10-21)9-20-17(24)14-6-3-7-19-14/h13-15,19H,2-12H2,1H3,(H,20,24). The highest BCUT2D eigenvalue weighted by Crippen LogP contribution is 2.25. The lowest BCUT2D eigenvalue weighted by Crippen LogP contribution is -2.52. The molecule has 0 aliphatic carbocycles. The summed E-state index contributed by atoms with van der Waals surface area (Å²) in [7, 11) is 0. The molecule has 0 aromatic heterocycles. The van der Waals surface area contributed by atoms with Crippen LogP contribution in [0.15, 0.2) is 0 Å². The third-order valence-corrected chi connectivity index (χ3v) is 6.57. The largest absolute Gasteiger partial charge is 0.354 e. The highest BCUT2D eigenvalue weighted by atomic mass is 32.2. The first-order chi connectivity index (χ1) is 12.6. The Labute approximate surface area is 159 Å². The average Bonchev–Trinajstić information content (AvgIpc) is 3.37. The lowest BCUT2D eigenvalue weighted by Gasteiger charge is -2.36. The minimum absolute atomic E-state index is 0.0539. The summed E-state index contributed by atoms with van der Waals surface area (Å²) in [6, 6.07) is -0.371. The molecule has 3 aliphatic rings. The van der Waals surface area contributed by atoms with E-state index >= 15 is 0 Å². The molecular weight excluding hydrogens is 352 g/mol. The molecule has 3 heterocycles. The van der Waals surface area contributed by atoms with E-state index in [0.717, 1.165) is 38.8 Å². The molecule has 0 bridgehead atoms. The van der Waals surface area contributed by atoms with Crippen molar-refractivity contribution in [3.8, 4) is 0 Å². The number of thioether (sulfide) groups is 1. The molecule has 3 unspecified atom stereocenters. The summed E-state index contributed by atoms with van der Waals surface area (Å²) in [6.45, 7) is 4.80. The van der Waals surface area contributed by atoms with Crippen LogP contribution in [0.25, 0.3) is 0 Å². The second kappa shape index (κ2) is 9.08. The van der Waals surface area contributed by atoms with Crippen LogP contribution < -0.4 is 10.6 Å². The number of likely N-dealkylation sites (tertiary alicyclic amines) is 1. The zero-order chi connectivity index (χ0) is 18.5. The van der Waals surface area contributed by atoms with Gasteiger partial charge >= 0.3 is 0 Å². The zero-order valence-electron chi connectivity index (χ0n) is 15.5. The molecule has 0 aromatic rings. The van der Waals surface area contributed by atoms with Crippen LogP contribution in [-0.4, -0.2) is 77.4 Å². The van der Waals surface area contributed by atoms with Gasteiger partial charge in [-0.25, -0.2) is 0 Å². The van der Waals surface area contributed by atoms with Crippen LogP contribution in [0.3, 0.4) is 0 Å². The molecule has 0 spiro atoms. The van der Waals surface area contributed by atoms with Crippen molar-refractivity contribution in [2.75, 3.05) is 37.8 Å². The highest BCUT2D eigenvalue weighted by Gasteiger charge is 2.37. The van der Waals surface area contributed by atoms with Gasteiger partial charge in [0.25, 0.3) is 0 Å². The molecule has 0 aromatic carbocycles. The van der Waals surface area contributed by atoms with Crippen molar-refractivity contribution in [2.45, 2.75) is 51.1 Å². The van der Waals surface area contributed by atoms with E-state index in [1.165, 1.54) is 0 Å². The van der Waals surface area contributed by atoms with Crippen molar-refractivity contribution in [1.29, 1.82) is 0 Å². The van der Waals surface area contributed by atoms with Crippen LogP contribution in [0.2, 0.25) is 0 Å². The Morgan fingerprint density at radius 3 is 2.81 bits per heavy atom. The maximum Gasteiger partial charge on any atom is 0.246 e. The van der Waals surface area contributed by atoms with Gasteiger partial charge in [0.1, 0.15) is 6.04 Å². The first-order valence-electron chi connectivity index (χ1n) is 9.77. The van der Waals surface area contributed by atoms with E-state index in [0.29, 0.717) is 37.1 Å². The predicted octanol–water partition coefficient (Wildman–Crippen LogP) is 0.405. The summed E-state index contributed by atoms with van der Waals surface area (Å²) in [5.74, 6) is 1.81. The van der Waals surface area contributed by atoms with Gasteiger partial charge in [-0.05, 0) is 38.1 Å². The van der Waals surface area contributed by atoms with Gasteiger partial charge in [0.05, 0.1) is 11.9 Å².